The van der Waals surface area contributed by atoms with E-state index in [2.05, 4.69) is 6.92 Å². The van der Waals surface area contributed by atoms with Gasteiger partial charge < -0.3 is 10.2 Å². The summed E-state index contributed by atoms with van der Waals surface area (Å²) in [5.41, 5.74) is 0.399. The lowest BCUT2D eigenvalue weighted by atomic mass is 10.0. The van der Waals surface area contributed by atoms with Gasteiger partial charge in [0.05, 0.1) is 0 Å². The highest BCUT2D eigenvalue weighted by Gasteiger charge is 2.08. The zero-order chi connectivity index (χ0) is 17.6. The lowest BCUT2D eigenvalue weighted by Gasteiger charge is -2.04. The van der Waals surface area contributed by atoms with Crippen LogP contribution in [-0.2, 0) is 0 Å². The number of phenolic OH excluding ortho intramolecular Hbond substituents is 2. The predicted molar refractivity (Wildman–Crippen MR) is 99.8 cm³/mol. The molecule has 0 saturated heterocycles. The van der Waals surface area contributed by atoms with Crippen LogP contribution in [0.5, 0.6) is 11.5 Å². The first-order valence-electron chi connectivity index (χ1n) is 9.69. The summed E-state index contributed by atoms with van der Waals surface area (Å²) in [5, 5.41) is 18.8. The predicted octanol–water partition coefficient (Wildman–Crippen LogP) is 6.37. The van der Waals surface area contributed by atoms with Crippen molar-refractivity contribution in [1.29, 1.82) is 0 Å². The zero-order valence-electron chi connectivity index (χ0n) is 15.2. The number of carbonyl (C=O) groups excluding carboxylic acids is 1. The number of rotatable bonds is 14. The molecule has 0 spiro atoms. The van der Waals surface area contributed by atoms with Crippen LogP contribution in [0.2, 0.25) is 0 Å². The second kappa shape index (κ2) is 12.9. The summed E-state index contributed by atoms with van der Waals surface area (Å²) >= 11 is 0. The molecule has 0 saturated carbocycles. The molecule has 0 fully saturated rings. The van der Waals surface area contributed by atoms with Gasteiger partial charge in [0, 0.05) is 18.1 Å². The Morgan fingerprint density at radius 1 is 0.708 bits per heavy atom. The van der Waals surface area contributed by atoms with E-state index >= 15 is 0 Å². The van der Waals surface area contributed by atoms with Crippen LogP contribution in [0.3, 0.4) is 0 Å². The Morgan fingerprint density at radius 2 is 1.12 bits per heavy atom. The van der Waals surface area contributed by atoms with E-state index in [-0.39, 0.29) is 17.3 Å². The van der Waals surface area contributed by atoms with E-state index in [0.29, 0.717) is 12.0 Å². The van der Waals surface area contributed by atoms with E-state index in [1.165, 1.54) is 82.4 Å². The Bertz CT molecular complexity index is 448. The Hall–Kier alpha value is -1.51. The highest BCUT2D eigenvalue weighted by atomic mass is 16.3. The molecule has 0 aromatic heterocycles. The van der Waals surface area contributed by atoms with Gasteiger partial charge in [0.1, 0.15) is 11.5 Å². The van der Waals surface area contributed by atoms with E-state index in [1.807, 2.05) is 0 Å². The minimum atomic E-state index is -0.0620. The maximum absolute atomic E-state index is 12.0. The summed E-state index contributed by atoms with van der Waals surface area (Å²) in [6.45, 7) is 2.25. The number of benzene rings is 1. The number of hydrogen-bond donors (Lipinski definition) is 2. The van der Waals surface area contributed by atoms with E-state index in [1.54, 1.807) is 0 Å². The van der Waals surface area contributed by atoms with E-state index in [4.69, 9.17) is 0 Å². The van der Waals surface area contributed by atoms with Gasteiger partial charge in [-0.05, 0) is 18.6 Å². The number of hydrogen-bond acceptors (Lipinski definition) is 3. The Morgan fingerprint density at radius 3 is 1.58 bits per heavy atom. The Labute approximate surface area is 147 Å². The van der Waals surface area contributed by atoms with Crippen LogP contribution in [-0.4, -0.2) is 16.0 Å². The molecule has 0 heterocycles. The third-order valence-electron chi connectivity index (χ3n) is 4.48. The van der Waals surface area contributed by atoms with Crippen molar-refractivity contribution in [3.05, 3.63) is 23.8 Å². The quantitative estimate of drug-likeness (QED) is 0.307. The molecule has 136 valence electrons. The lowest BCUT2D eigenvalue weighted by molar-refractivity contribution is 0.0978. The van der Waals surface area contributed by atoms with Gasteiger partial charge in [-0.1, -0.05) is 77.6 Å². The Kier molecular flexibility index (Phi) is 11.0. The van der Waals surface area contributed by atoms with Crippen molar-refractivity contribution in [1.82, 2.24) is 0 Å². The first-order valence-corrected chi connectivity index (χ1v) is 9.69. The molecule has 2 N–H and O–H groups in total. The van der Waals surface area contributed by atoms with Crippen LogP contribution in [0.4, 0.5) is 0 Å². The number of carbonyl (C=O) groups is 1. The first-order chi connectivity index (χ1) is 11.6. The van der Waals surface area contributed by atoms with Crippen LogP contribution in [0.15, 0.2) is 18.2 Å². The maximum atomic E-state index is 12.0. The standard InChI is InChI=1S/C21H34O3/c1-2-3-4-5-6-7-8-9-10-11-12-13-14-21(24)18-15-19(22)17-20(23)16-18/h15-17,22-23H,2-14H2,1H3. The van der Waals surface area contributed by atoms with E-state index < -0.39 is 0 Å². The summed E-state index contributed by atoms with van der Waals surface area (Å²) in [4.78, 5) is 12.0. The van der Waals surface area contributed by atoms with Crippen LogP contribution in [0.1, 0.15) is 101 Å². The molecule has 0 aliphatic rings. The second-order valence-electron chi connectivity index (χ2n) is 6.80. The molecule has 3 nitrogen and oxygen atoms in total. The van der Waals surface area contributed by atoms with E-state index in [0.717, 1.165) is 12.8 Å². The van der Waals surface area contributed by atoms with Crippen molar-refractivity contribution in [3.63, 3.8) is 0 Å². The summed E-state index contributed by atoms with van der Waals surface area (Å²) in [6, 6.07) is 4.08. The fraction of sp³-hybridized carbons (Fsp3) is 0.667. The summed E-state index contributed by atoms with van der Waals surface area (Å²) in [6.07, 6.45) is 15.8. The minimum absolute atomic E-state index is 0.00622. The monoisotopic (exact) mass is 334 g/mol. The number of Topliss-reactive ketones (excluding diaryl/α,β-unsaturated/α-hetero) is 1. The number of ketones is 1. The van der Waals surface area contributed by atoms with Crippen LogP contribution < -0.4 is 0 Å². The number of unbranched alkanes of at least 4 members (excludes halogenated alkanes) is 11. The molecule has 1 aromatic carbocycles. The van der Waals surface area contributed by atoms with Crippen LogP contribution in [0, 0.1) is 0 Å². The molecule has 1 rings (SSSR count). The minimum Gasteiger partial charge on any atom is -0.508 e. The van der Waals surface area contributed by atoms with Crippen molar-refractivity contribution < 1.29 is 15.0 Å². The van der Waals surface area contributed by atoms with Crippen LogP contribution in [0.25, 0.3) is 0 Å². The highest BCUT2D eigenvalue weighted by Crippen LogP contribution is 2.22. The average molecular weight is 334 g/mol. The molecule has 0 unspecified atom stereocenters. The third kappa shape index (κ3) is 9.59. The normalized spacial score (nSPS) is 10.9. The van der Waals surface area contributed by atoms with E-state index in [9.17, 15) is 15.0 Å². The Balaban J connectivity index is 1.97. The maximum Gasteiger partial charge on any atom is 0.163 e. The summed E-state index contributed by atoms with van der Waals surface area (Å²) in [5.74, 6) is -0.130. The van der Waals surface area contributed by atoms with Gasteiger partial charge in [-0.25, -0.2) is 0 Å². The van der Waals surface area contributed by atoms with Crippen molar-refractivity contribution in [2.24, 2.45) is 0 Å². The number of phenols is 2. The van der Waals surface area contributed by atoms with Crippen molar-refractivity contribution >= 4 is 5.78 Å². The molecule has 0 aliphatic heterocycles. The fourth-order valence-corrected chi connectivity index (χ4v) is 3.03. The van der Waals surface area contributed by atoms with Crippen molar-refractivity contribution in [3.8, 4) is 11.5 Å². The molecule has 0 atom stereocenters. The van der Waals surface area contributed by atoms with Gasteiger partial charge in [0.15, 0.2) is 5.78 Å². The molecular formula is C21H34O3. The zero-order valence-corrected chi connectivity index (χ0v) is 15.2. The highest BCUT2D eigenvalue weighted by molar-refractivity contribution is 5.96. The molecule has 1 aromatic rings. The fourth-order valence-electron chi connectivity index (χ4n) is 3.03. The van der Waals surface area contributed by atoms with Gasteiger partial charge in [0.2, 0.25) is 0 Å². The molecule has 0 amide bonds. The van der Waals surface area contributed by atoms with Crippen LogP contribution >= 0.6 is 0 Å². The van der Waals surface area contributed by atoms with Gasteiger partial charge in [-0.3, -0.25) is 4.79 Å². The van der Waals surface area contributed by atoms with Gasteiger partial charge in [-0.2, -0.15) is 0 Å². The lowest BCUT2D eigenvalue weighted by Crippen LogP contribution is -1.98. The topological polar surface area (TPSA) is 57.5 Å². The molecule has 0 bridgehead atoms. The van der Waals surface area contributed by atoms with Crippen molar-refractivity contribution in [2.45, 2.75) is 90.4 Å². The SMILES string of the molecule is CCCCCCCCCCCCCCC(=O)c1cc(O)cc(O)c1. The third-order valence-corrected chi connectivity index (χ3v) is 4.48. The molecule has 24 heavy (non-hydrogen) atoms. The van der Waals surface area contributed by atoms with Gasteiger partial charge in [-0.15, -0.1) is 0 Å². The molecular weight excluding hydrogens is 300 g/mol. The molecule has 0 radical (unpaired) electrons. The second-order valence-corrected chi connectivity index (χ2v) is 6.80. The van der Waals surface area contributed by atoms with Crippen molar-refractivity contribution in [2.75, 3.05) is 0 Å². The average Bonchev–Trinajstić information content (AvgIpc) is 2.54. The molecule has 3 heteroatoms. The largest absolute Gasteiger partial charge is 0.508 e. The van der Waals surface area contributed by atoms with Gasteiger partial charge in [0.25, 0.3) is 0 Å². The summed E-state index contributed by atoms with van der Waals surface area (Å²) < 4.78 is 0. The van der Waals surface area contributed by atoms with Gasteiger partial charge >= 0.3 is 0 Å². The first kappa shape index (κ1) is 20.5. The molecule has 0 aliphatic carbocycles. The number of aromatic hydroxyl groups is 2. The smallest absolute Gasteiger partial charge is 0.163 e. The summed E-state index contributed by atoms with van der Waals surface area (Å²) in [7, 11) is 0.